The van der Waals surface area contributed by atoms with Crippen LogP contribution in [0, 0.1) is 17.8 Å². The minimum atomic E-state index is 0.479. The Bertz CT molecular complexity index is 408. The predicted octanol–water partition coefficient (Wildman–Crippen LogP) is 8.22. The summed E-state index contributed by atoms with van der Waals surface area (Å²) in [5.74, 6) is 2.26. The summed E-state index contributed by atoms with van der Waals surface area (Å²) in [6.07, 6.45) is 11.1. The third-order valence-corrected chi connectivity index (χ3v) is 6.70. The molecule has 0 N–H and O–H groups in total. The van der Waals surface area contributed by atoms with Crippen molar-refractivity contribution in [2.75, 3.05) is 0 Å². The van der Waals surface area contributed by atoms with Gasteiger partial charge in [0.1, 0.15) is 0 Å². The number of unbranched alkanes of at least 4 members (excludes halogenated alkanes) is 1. The molecule has 0 heterocycles. The SMILES string of the molecule is C=C(CC)C(C(CC)CCCC)N(/C(C)=C/C)C(C)CC(C)C(C)CC. The topological polar surface area (TPSA) is 3.24 Å². The average Bonchev–Trinajstić information content (AvgIpc) is 2.65. The van der Waals surface area contributed by atoms with Crippen LogP contribution < -0.4 is 0 Å². The summed E-state index contributed by atoms with van der Waals surface area (Å²) in [6, 6.07) is 1.03. The van der Waals surface area contributed by atoms with E-state index in [0.717, 1.165) is 18.3 Å². The van der Waals surface area contributed by atoms with Crippen LogP contribution in [0.25, 0.3) is 0 Å². The highest BCUT2D eigenvalue weighted by Gasteiger charge is 2.32. The lowest BCUT2D eigenvalue weighted by Crippen LogP contribution is -2.46. The van der Waals surface area contributed by atoms with E-state index >= 15 is 0 Å². The maximum atomic E-state index is 4.53. The standard InChI is InChI=1S/C25H49N/c1-11-16-17-24(15-5)25(20(7)13-3)26(22(9)14-4)23(10)18-21(8)19(6)12-2/h14,19,21,23-25H,7,11-13,15-18H2,1-6,8-10H3/b22-14+. The van der Waals surface area contributed by atoms with Crippen molar-refractivity contribution in [1.82, 2.24) is 4.90 Å². The first-order chi connectivity index (χ1) is 12.3. The van der Waals surface area contributed by atoms with Crippen molar-refractivity contribution in [2.24, 2.45) is 17.8 Å². The largest absolute Gasteiger partial charge is 0.366 e. The Morgan fingerprint density at radius 3 is 2.04 bits per heavy atom. The van der Waals surface area contributed by atoms with Crippen LogP contribution in [0.4, 0.5) is 0 Å². The van der Waals surface area contributed by atoms with Crippen LogP contribution in [0.3, 0.4) is 0 Å². The Balaban J connectivity index is 5.73. The molecule has 0 bridgehead atoms. The maximum absolute atomic E-state index is 4.53. The van der Waals surface area contributed by atoms with Gasteiger partial charge in [-0.05, 0) is 57.8 Å². The van der Waals surface area contributed by atoms with E-state index in [0.29, 0.717) is 18.0 Å². The minimum absolute atomic E-state index is 0.479. The van der Waals surface area contributed by atoms with Gasteiger partial charge in [0.05, 0.1) is 6.04 Å². The Morgan fingerprint density at radius 2 is 1.62 bits per heavy atom. The van der Waals surface area contributed by atoms with Gasteiger partial charge in [0.2, 0.25) is 0 Å². The minimum Gasteiger partial charge on any atom is -0.366 e. The summed E-state index contributed by atoms with van der Waals surface area (Å²) < 4.78 is 0. The third kappa shape index (κ3) is 7.49. The summed E-state index contributed by atoms with van der Waals surface area (Å²) in [4.78, 5) is 2.73. The third-order valence-electron chi connectivity index (χ3n) is 6.70. The monoisotopic (exact) mass is 363 g/mol. The van der Waals surface area contributed by atoms with Gasteiger partial charge in [-0.25, -0.2) is 0 Å². The molecule has 1 heteroatoms. The average molecular weight is 364 g/mol. The normalized spacial score (nSPS) is 18.1. The lowest BCUT2D eigenvalue weighted by atomic mass is 9.82. The fraction of sp³-hybridized carbons (Fsp3) is 0.840. The van der Waals surface area contributed by atoms with E-state index in [-0.39, 0.29) is 0 Å². The van der Waals surface area contributed by atoms with Gasteiger partial charge in [0, 0.05) is 11.7 Å². The van der Waals surface area contributed by atoms with Crippen LogP contribution in [0.2, 0.25) is 0 Å². The molecule has 0 amide bonds. The first kappa shape index (κ1) is 25.3. The smallest absolute Gasteiger partial charge is 0.0527 e. The Morgan fingerprint density at radius 1 is 1.00 bits per heavy atom. The van der Waals surface area contributed by atoms with E-state index in [4.69, 9.17) is 0 Å². The summed E-state index contributed by atoms with van der Waals surface area (Å²) in [7, 11) is 0. The molecule has 154 valence electrons. The first-order valence-electron chi connectivity index (χ1n) is 11.4. The number of rotatable bonds is 14. The van der Waals surface area contributed by atoms with Crippen molar-refractivity contribution in [1.29, 1.82) is 0 Å². The summed E-state index contributed by atoms with van der Waals surface area (Å²) in [5, 5.41) is 0. The van der Waals surface area contributed by atoms with E-state index in [2.05, 4.69) is 79.9 Å². The molecule has 0 aliphatic heterocycles. The second-order valence-corrected chi connectivity index (χ2v) is 8.55. The summed E-state index contributed by atoms with van der Waals surface area (Å²) in [5.41, 5.74) is 2.83. The molecular formula is C25H49N. The molecule has 5 atom stereocenters. The van der Waals surface area contributed by atoms with E-state index in [1.807, 2.05) is 0 Å². The molecule has 0 aliphatic carbocycles. The van der Waals surface area contributed by atoms with Gasteiger partial charge in [0.15, 0.2) is 0 Å². The van der Waals surface area contributed by atoms with Crippen molar-refractivity contribution >= 4 is 0 Å². The van der Waals surface area contributed by atoms with Crippen LogP contribution in [-0.4, -0.2) is 17.0 Å². The van der Waals surface area contributed by atoms with Crippen LogP contribution in [-0.2, 0) is 0 Å². The summed E-state index contributed by atoms with van der Waals surface area (Å²) >= 11 is 0. The Hall–Kier alpha value is -0.720. The molecule has 0 aromatic carbocycles. The molecule has 0 aromatic rings. The molecule has 5 unspecified atom stereocenters. The quantitative estimate of drug-likeness (QED) is 0.281. The zero-order valence-electron chi connectivity index (χ0n) is 19.6. The van der Waals surface area contributed by atoms with Crippen LogP contribution in [0.1, 0.15) is 107 Å². The Labute approximate surface area is 166 Å². The maximum Gasteiger partial charge on any atom is 0.0527 e. The van der Waals surface area contributed by atoms with Crippen LogP contribution in [0.15, 0.2) is 23.9 Å². The zero-order valence-corrected chi connectivity index (χ0v) is 19.6. The van der Waals surface area contributed by atoms with Gasteiger partial charge in [-0.15, -0.1) is 0 Å². The van der Waals surface area contributed by atoms with Gasteiger partial charge in [-0.1, -0.05) is 85.5 Å². The van der Waals surface area contributed by atoms with Crippen molar-refractivity contribution in [3.05, 3.63) is 23.9 Å². The summed E-state index contributed by atoms with van der Waals surface area (Å²) in [6.45, 7) is 25.6. The van der Waals surface area contributed by atoms with Crippen LogP contribution in [0.5, 0.6) is 0 Å². The highest BCUT2D eigenvalue weighted by atomic mass is 15.2. The van der Waals surface area contributed by atoms with Crippen molar-refractivity contribution < 1.29 is 0 Å². The number of allylic oxidation sites excluding steroid dienone is 2. The van der Waals surface area contributed by atoms with E-state index in [1.54, 1.807) is 0 Å². The van der Waals surface area contributed by atoms with E-state index < -0.39 is 0 Å². The molecule has 0 saturated carbocycles. The number of hydrogen-bond acceptors (Lipinski definition) is 1. The van der Waals surface area contributed by atoms with Crippen LogP contribution >= 0.6 is 0 Å². The Kier molecular flexibility index (Phi) is 13.1. The zero-order chi connectivity index (χ0) is 20.3. The molecule has 0 spiro atoms. The van der Waals surface area contributed by atoms with Crippen molar-refractivity contribution in [2.45, 2.75) is 119 Å². The lowest BCUT2D eigenvalue weighted by Gasteiger charge is -2.45. The van der Waals surface area contributed by atoms with Crippen molar-refractivity contribution in [3.63, 3.8) is 0 Å². The molecule has 0 aromatic heterocycles. The van der Waals surface area contributed by atoms with Gasteiger partial charge in [-0.2, -0.15) is 0 Å². The second-order valence-electron chi connectivity index (χ2n) is 8.55. The van der Waals surface area contributed by atoms with Gasteiger partial charge in [-0.3, -0.25) is 0 Å². The predicted molar refractivity (Wildman–Crippen MR) is 120 cm³/mol. The molecule has 1 nitrogen and oxygen atoms in total. The fourth-order valence-corrected chi connectivity index (χ4v) is 4.29. The number of hydrogen-bond donors (Lipinski definition) is 0. The molecule has 0 aliphatic rings. The fourth-order valence-electron chi connectivity index (χ4n) is 4.29. The number of nitrogens with zero attached hydrogens (tertiary/aromatic N) is 1. The molecule has 0 fully saturated rings. The molecule has 26 heavy (non-hydrogen) atoms. The van der Waals surface area contributed by atoms with Gasteiger partial charge < -0.3 is 4.90 Å². The van der Waals surface area contributed by atoms with E-state index in [9.17, 15) is 0 Å². The van der Waals surface area contributed by atoms with Crippen molar-refractivity contribution in [3.8, 4) is 0 Å². The molecule has 0 radical (unpaired) electrons. The molecular weight excluding hydrogens is 314 g/mol. The molecule has 0 saturated heterocycles. The highest BCUT2D eigenvalue weighted by Crippen LogP contribution is 2.34. The van der Waals surface area contributed by atoms with Gasteiger partial charge >= 0.3 is 0 Å². The highest BCUT2D eigenvalue weighted by molar-refractivity contribution is 5.14. The van der Waals surface area contributed by atoms with E-state index in [1.165, 1.54) is 49.8 Å². The first-order valence-corrected chi connectivity index (χ1v) is 11.4. The second kappa shape index (κ2) is 13.4. The molecule has 0 rings (SSSR count). The lowest BCUT2D eigenvalue weighted by molar-refractivity contribution is 0.129. The van der Waals surface area contributed by atoms with Gasteiger partial charge in [0.25, 0.3) is 0 Å².